The Balaban J connectivity index is 2.47. The molecule has 2 rings (SSSR count). The molecule has 2 aromatic rings. The highest BCUT2D eigenvalue weighted by atomic mass is 35.5. The monoisotopic (exact) mass is 309 g/mol. The fraction of sp³-hybridized carbons (Fsp3) is 0.0833. The van der Waals surface area contributed by atoms with Gasteiger partial charge in [0.2, 0.25) is 0 Å². The van der Waals surface area contributed by atoms with Crippen LogP contribution in [0.5, 0.6) is 11.6 Å². The molecule has 0 aliphatic carbocycles. The van der Waals surface area contributed by atoms with Crippen LogP contribution in [0.1, 0.15) is 5.56 Å². The molecule has 0 unspecified atom stereocenters. The Morgan fingerprint density at radius 3 is 2.48 bits per heavy atom. The third kappa shape index (κ3) is 3.06. The lowest BCUT2D eigenvalue weighted by molar-refractivity contribution is -0.386. The van der Waals surface area contributed by atoms with Gasteiger partial charge in [0.05, 0.1) is 15.9 Å². The Hall–Kier alpha value is -2.74. The summed E-state index contributed by atoms with van der Waals surface area (Å²) in [5, 5.41) is 21.7. The lowest BCUT2D eigenvalue weighted by Crippen LogP contribution is -1.98. The van der Waals surface area contributed by atoms with E-state index < -0.39 is 9.85 Å². The molecule has 8 nitrogen and oxygen atoms in total. The Bertz CT molecular complexity index is 735. The van der Waals surface area contributed by atoms with Crippen LogP contribution in [0.2, 0.25) is 5.02 Å². The molecule has 1 heterocycles. The molecule has 0 spiro atoms. The van der Waals surface area contributed by atoms with Crippen molar-refractivity contribution in [3.63, 3.8) is 0 Å². The molecule has 21 heavy (non-hydrogen) atoms. The molecule has 0 amide bonds. The molecule has 1 aromatic heterocycles. The normalized spacial score (nSPS) is 10.2. The van der Waals surface area contributed by atoms with E-state index in [-0.39, 0.29) is 28.0 Å². The van der Waals surface area contributed by atoms with Gasteiger partial charge < -0.3 is 4.74 Å². The molecule has 0 bridgehead atoms. The molecule has 108 valence electrons. The van der Waals surface area contributed by atoms with Crippen LogP contribution >= 0.6 is 11.6 Å². The summed E-state index contributed by atoms with van der Waals surface area (Å²) in [6, 6.07) is 5.07. The smallest absolute Gasteiger partial charge is 0.331 e. The maximum Gasteiger partial charge on any atom is 0.331 e. The minimum atomic E-state index is -0.665. The first-order valence-electron chi connectivity index (χ1n) is 5.62. The number of nitrogens with zero attached hydrogens (tertiary/aromatic N) is 3. The van der Waals surface area contributed by atoms with E-state index in [2.05, 4.69) is 4.98 Å². The molecule has 1 aromatic carbocycles. The second-order valence-corrected chi connectivity index (χ2v) is 4.42. The summed E-state index contributed by atoms with van der Waals surface area (Å²) < 4.78 is 5.33. The summed E-state index contributed by atoms with van der Waals surface area (Å²) in [5.41, 5.74) is -0.198. The van der Waals surface area contributed by atoms with Crippen LogP contribution in [0.25, 0.3) is 0 Å². The quantitative estimate of drug-likeness (QED) is 0.630. The number of halogens is 1. The largest absolute Gasteiger partial charge is 0.433 e. The van der Waals surface area contributed by atoms with Gasteiger partial charge in [-0.05, 0) is 24.6 Å². The summed E-state index contributed by atoms with van der Waals surface area (Å²) in [4.78, 5) is 24.2. The fourth-order valence-electron chi connectivity index (χ4n) is 1.60. The average Bonchev–Trinajstić information content (AvgIpc) is 2.41. The molecule has 9 heteroatoms. The Morgan fingerprint density at radius 2 is 1.86 bits per heavy atom. The highest BCUT2D eigenvalue weighted by Gasteiger charge is 2.20. The van der Waals surface area contributed by atoms with Crippen molar-refractivity contribution in [2.45, 2.75) is 6.92 Å². The van der Waals surface area contributed by atoms with E-state index in [9.17, 15) is 20.2 Å². The number of aryl methyl sites for hydroxylation is 1. The fourth-order valence-corrected chi connectivity index (χ4v) is 1.88. The molecule has 0 fully saturated rings. The van der Waals surface area contributed by atoms with Crippen molar-refractivity contribution in [3.05, 3.63) is 61.3 Å². The van der Waals surface area contributed by atoms with Gasteiger partial charge in [0.15, 0.2) is 0 Å². The highest BCUT2D eigenvalue weighted by molar-refractivity contribution is 6.32. The molecular weight excluding hydrogens is 302 g/mol. The van der Waals surface area contributed by atoms with Crippen LogP contribution in [-0.4, -0.2) is 14.8 Å². The first-order chi connectivity index (χ1) is 9.90. The second-order valence-electron chi connectivity index (χ2n) is 4.01. The van der Waals surface area contributed by atoms with Crippen LogP contribution in [0.4, 0.5) is 11.4 Å². The predicted octanol–water partition coefficient (Wildman–Crippen LogP) is 3.65. The summed E-state index contributed by atoms with van der Waals surface area (Å²) >= 11 is 5.76. The van der Waals surface area contributed by atoms with Gasteiger partial charge in [-0.1, -0.05) is 11.6 Å². The van der Waals surface area contributed by atoms with Gasteiger partial charge in [0.25, 0.3) is 11.6 Å². The summed E-state index contributed by atoms with van der Waals surface area (Å²) in [6.07, 6.45) is 1.32. The van der Waals surface area contributed by atoms with E-state index in [4.69, 9.17) is 16.3 Å². The van der Waals surface area contributed by atoms with Gasteiger partial charge in [-0.2, -0.15) is 0 Å². The number of aromatic nitrogens is 1. The SMILES string of the molecule is Cc1cc(Cl)c([N+](=O)[O-])cc1Oc1ncccc1[N+](=O)[O-]. The molecule has 0 saturated carbocycles. The first kappa shape index (κ1) is 14.7. The van der Waals surface area contributed by atoms with E-state index in [0.717, 1.165) is 6.07 Å². The minimum absolute atomic E-state index is 0.0413. The lowest BCUT2D eigenvalue weighted by atomic mass is 10.2. The van der Waals surface area contributed by atoms with Crippen molar-refractivity contribution in [3.8, 4) is 11.6 Å². The lowest BCUT2D eigenvalue weighted by Gasteiger charge is -2.08. The Kier molecular flexibility index (Phi) is 3.99. The van der Waals surface area contributed by atoms with Gasteiger partial charge in [-0.3, -0.25) is 20.2 Å². The zero-order chi connectivity index (χ0) is 15.6. The number of hydrogen-bond donors (Lipinski definition) is 0. The van der Waals surface area contributed by atoms with Crippen LogP contribution in [0.15, 0.2) is 30.5 Å². The summed E-state index contributed by atoms with van der Waals surface area (Å²) in [7, 11) is 0. The number of benzene rings is 1. The maximum atomic E-state index is 10.9. The molecular formula is C12H8ClN3O5. The maximum absolute atomic E-state index is 10.9. The van der Waals surface area contributed by atoms with E-state index in [0.29, 0.717) is 5.56 Å². The topological polar surface area (TPSA) is 108 Å². The van der Waals surface area contributed by atoms with Crippen LogP contribution in [0, 0.1) is 27.2 Å². The van der Waals surface area contributed by atoms with E-state index >= 15 is 0 Å². The van der Waals surface area contributed by atoms with Gasteiger partial charge >= 0.3 is 5.69 Å². The first-order valence-corrected chi connectivity index (χ1v) is 5.99. The zero-order valence-corrected chi connectivity index (χ0v) is 11.4. The van der Waals surface area contributed by atoms with Crippen molar-refractivity contribution >= 4 is 23.0 Å². The van der Waals surface area contributed by atoms with Crippen molar-refractivity contribution in [1.82, 2.24) is 4.98 Å². The van der Waals surface area contributed by atoms with Gasteiger partial charge in [0.1, 0.15) is 10.8 Å². The van der Waals surface area contributed by atoms with Crippen molar-refractivity contribution < 1.29 is 14.6 Å². The number of nitro benzene ring substituents is 1. The second kappa shape index (κ2) is 5.71. The van der Waals surface area contributed by atoms with Crippen molar-refractivity contribution in [1.29, 1.82) is 0 Å². The van der Waals surface area contributed by atoms with Gasteiger partial charge in [-0.25, -0.2) is 4.98 Å². The summed E-state index contributed by atoms with van der Waals surface area (Å²) in [5.74, 6) is -0.171. The van der Waals surface area contributed by atoms with Gasteiger partial charge in [0, 0.05) is 12.3 Å². The van der Waals surface area contributed by atoms with Crippen LogP contribution in [0.3, 0.4) is 0 Å². The molecule has 0 N–H and O–H groups in total. The summed E-state index contributed by atoms with van der Waals surface area (Å²) in [6.45, 7) is 1.61. The van der Waals surface area contributed by atoms with E-state index in [1.54, 1.807) is 6.92 Å². The highest BCUT2D eigenvalue weighted by Crippen LogP contribution is 2.36. The Labute approximate surface area is 123 Å². The average molecular weight is 310 g/mol. The van der Waals surface area contributed by atoms with Crippen molar-refractivity contribution in [2.75, 3.05) is 0 Å². The van der Waals surface area contributed by atoms with Gasteiger partial charge in [-0.15, -0.1) is 0 Å². The molecule has 0 atom stereocenters. The van der Waals surface area contributed by atoms with Crippen LogP contribution in [-0.2, 0) is 0 Å². The van der Waals surface area contributed by atoms with Crippen LogP contribution < -0.4 is 4.74 Å². The number of rotatable bonds is 4. The van der Waals surface area contributed by atoms with E-state index in [1.807, 2.05) is 0 Å². The predicted molar refractivity (Wildman–Crippen MR) is 73.8 cm³/mol. The third-order valence-corrected chi connectivity index (χ3v) is 2.90. The van der Waals surface area contributed by atoms with E-state index in [1.165, 1.54) is 24.4 Å². The minimum Gasteiger partial charge on any atom is -0.433 e. The molecule has 0 saturated heterocycles. The number of ether oxygens (including phenoxy) is 1. The Morgan fingerprint density at radius 1 is 1.19 bits per heavy atom. The van der Waals surface area contributed by atoms with Crippen molar-refractivity contribution in [2.24, 2.45) is 0 Å². The third-order valence-electron chi connectivity index (χ3n) is 2.60. The number of nitro groups is 2. The number of pyridine rings is 1. The molecule has 0 aliphatic rings. The zero-order valence-electron chi connectivity index (χ0n) is 10.6. The molecule has 0 radical (unpaired) electrons. The standard InChI is InChI=1S/C12H8ClN3O5/c1-7-5-8(13)10(16(19)20)6-11(7)21-12-9(15(17)18)3-2-4-14-12/h2-6H,1H3. The molecule has 0 aliphatic heterocycles. The number of hydrogen-bond acceptors (Lipinski definition) is 6.